The van der Waals surface area contributed by atoms with Crippen molar-refractivity contribution in [3.05, 3.63) is 53.1 Å². The van der Waals surface area contributed by atoms with Gasteiger partial charge in [0.25, 0.3) is 5.91 Å². The number of phenolic OH excluding ortho intramolecular Hbond substituents is 1. The lowest BCUT2D eigenvalue weighted by molar-refractivity contribution is -0.140. The number of nitrogens with one attached hydrogen (secondary N) is 2. The van der Waals surface area contributed by atoms with Crippen molar-refractivity contribution >= 4 is 32.9 Å². The van der Waals surface area contributed by atoms with Gasteiger partial charge in [-0.25, -0.2) is 9.44 Å². The number of phenols is 1. The van der Waals surface area contributed by atoms with Crippen LogP contribution >= 0.6 is 0 Å². The molecule has 2 saturated heterocycles. The largest absolute Gasteiger partial charge is 0.508 e. The molecule has 44 heavy (non-hydrogen) atoms. The van der Waals surface area contributed by atoms with Crippen LogP contribution < -0.4 is 9.44 Å². The Morgan fingerprint density at radius 1 is 1.02 bits per heavy atom. The molecule has 0 radical (unpaired) electrons. The van der Waals surface area contributed by atoms with Crippen LogP contribution in [0.4, 0.5) is 0 Å². The molecule has 4 unspecified atom stereocenters. The first-order valence-electron chi connectivity index (χ1n) is 15.9. The van der Waals surface area contributed by atoms with E-state index in [9.17, 15) is 23.1 Å². The molecule has 2 bridgehead atoms. The van der Waals surface area contributed by atoms with E-state index in [2.05, 4.69) is 30.9 Å². The van der Waals surface area contributed by atoms with E-state index >= 15 is 0 Å². The summed E-state index contributed by atoms with van der Waals surface area (Å²) < 4.78 is 30.8. The van der Waals surface area contributed by atoms with E-state index in [0.29, 0.717) is 24.9 Å². The Kier molecular flexibility index (Phi) is 6.25. The first-order chi connectivity index (χ1) is 21.1. The highest BCUT2D eigenvalue weighted by Gasteiger charge is 2.65. The summed E-state index contributed by atoms with van der Waals surface area (Å²) in [7, 11) is -0.585. The fourth-order valence-electron chi connectivity index (χ4n) is 8.94. The zero-order chi connectivity index (χ0) is 30.5. The molecule has 4 heterocycles. The Morgan fingerprint density at radius 3 is 2.52 bits per heavy atom. The second-order valence-electron chi connectivity index (χ2n) is 13.7. The lowest BCUT2D eigenvalue weighted by atomic mass is 9.81. The van der Waals surface area contributed by atoms with Gasteiger partial charge in [0.15, 0.2) is 0 Å². The van der Waals surface area contributed by atoms with E-state index in [4.69, 9.17) is 0 Å². The number of likely N-dealkylation sites (tertiary alicyclic amines) is 2. The highest BCUT2D eigenvalue weighted by atomic mass is 32.2. The quantitative estimate of drug-likeness (QED) is 0.402. The molecule has 0 spiro atoms. The summed E-state index contributed by atoms with van der Waals surface area (Å²) in [6.45, 7) is 2.12. The maximum Gasteiger partial charge on any atom is 0.301 e. The maximum atomic E-state index is 14.6. The van der Waals surface area contributed by atoms with Gasteiger partial charge in [0.05, 0.1) is 11.1 Å². The average molecular weight is 618 g/mol. The lowest BCUT2D eigenvalue weighted by Gasteiger charge is -2.35. The summed E-state index contributed by atoms with van der Waals surface area (Å²) in [5.41, 5.74) is 4.84. The number of benzene rings is 2. The van der Waals surface area contributed by atoms with Crippen molar-refractivity contribution in [1.82, 2.24) is 23.8 Å². The van der Waals surface area contributed by atoms with Crippen LogP contribution in [0.15, 0.2) is 36.4 Å². The molecule has 3 aromatic rings. The smallest absolute Gasteiger partial charge is 0.301 e. The Morgan fingerprint density at radius 2 is 1.82 bits per heavy atom. The van der Waals surface area contributed by atoms with Crippen molar-refractivity contribution in [2.75, 3.05) is 27.2 Å². The number of likely N-dealkylation sites (N-methyl/N-ethyl adjacent to an activating group) is 1. The average Bonchev–Trinajstić information content (AvgIpc) is 3.26. The number of amides is 2. The van der Waals surface area contributed by atoms with Gasteiger partial charge in [0.1, 0.15) is 5.75 Å². The first kappa shape index (κ1) is 28.1. The fourth-order valence-corrected chi connectivity index (χ4v) is 9.40. The van der Waals surface area contributed by atoms with Crippen molar-refractivity contribution in [2.24, 2.45) is 5.41 Å². The highest BCUT2D eigenvalue weighted by molar-refractivity contribution is 7.88. The Balaban J connectivity index is 1.32. The minimum absolute atomic E-state index is 0.00429. The number of nitrogens with zero attached hydrogens (tertiary/aromatic N) is 3. The Bertz CT molecular complexity index is 1830. The van der Waals surface area contributed by atoms with Gasteiger partial charge in [-0.2, -0.15) is 8.42 Å². The molecule has 2 amide bonds. The molecule has 5 aliphatic rings. The van der Waals surface area contributed by atoms with Crippen molar-refractivity contribution in [3.63, 3.8) is 0 Å². The zero-order valence-corrected chi connectivity index (χ0v) is 26.0. The van der Waals surface area contributed by atoms with Crippen LogP contribution in [0.1, 0.15) is 78.3 Å². The predicted molar refractivity (Wildman–Crippen MR) is 167 cm³/mol. The number of carbonyl (C=O) groups is 2. The second kappa shape index (κ2) is 9.79. The van der Waals surface area contributed by atoms with Crippen LogP contribution in [-0.4, -0.2) is 79.0 Å². The van der Waals surface area contributed by atoms with Crippen molar-refractivity contribution < 1.29 is 23.1 Å². The summed E-state index contributed by atoms with van der Waals surface area (Å²) >= 11 is 0. The number of fused-ring (bicyclic) bond motifs is 9. The number of aromatic nitrogens is 1. The standard InChI is InChI=1S/C33H39N5O5S/c1-34-44(42,43)35-31(40)20-8-10-25-28(12-20)38-18-33(32(41)37-17-21-13-22(37)16-36(21)2)15-27(33)26-14-23(39)9-11-24(26)30(38)29(25)19-6-4-3-5-7-19/h8-12,14,19,21-22,27,34,39H,3-7,13,15-18H2,1-2H3,(H,35,40). The third kappa shape index (κ3) is 4.15. The van der Waals surface area contributed by atoms with E-state index in [1.54, 1.807) is 18.2 Å². The number of carbonyl (C=O) groups excluding carboxylic acids is 2. The van der Waals surface area contributed by atoms with Crippen LogP contribution in [0.5, 0.6) is 5.75 Å². The van der Waals surface area contributed by atoms with Gasteiger partial charge < -0.3 is 14.6 Å². The normalized spacial score (nSPS) is 28.0. The zero-order valence-electron chi connectivity index (χ0n) is 25.2. The molecule has 1 aromatic heterocycles. The molecule has 232 valence electrons. The molecule has 11 heteroatoms. The fraction of sp³-hybridized carbons (Fsp3) is 0.515. The monoisotopic (exact) mass is 617 g/mol. The summed E-state index contributed by atoms with van der Waals surface area (Å²) in [4.78, 5) is 32.2. The van der Waals surface area contributed by atoms with E-state index in [-0.39, 0.29) is 29.2 Å². The first-order valence-corrected chi connectivity index (χ1v) is 17.3. The third-order valence-corrected chi connectivity index (χ3v) is 12.2. The van der Waals surface area contributed by atoms with Crippen molar-refractivity contribution in [3.8, 4) is 17.0 Å². The van der Waals surface area contributed by atoms with Gasteiger partial charge >= 0.3 is 10.2 Å². The maximum absolute atomic E-state index is 14.6. The Hall–Kier alpha value is -3.41. The lowest BCUT2D eigenvalue weighted by Crippen LogP contribution is -2.50. The van der Waals surface area contributed by atoms with Gasteiger partial charge in [0.2, 0.25) is 5.91 Å². The predicted octanol–water partition coefficient (Wildman–Crippen LogP) is 3.66. The third-order valence-electron chi connectivity index (χ3n) is 11.3. The summed E-state index contributed by atoms with van der Waals surface area (Å²) in [5, 5.41) is 11.7. The molecule has 10 nitrogen and oxygen atoms in total. The van der Waals surface area contributed by atoms with E-state index in [0.717, 1.165) is 72.9 Å². The Labute approximate surface area is 257 Å². The van der Waals surface area contributed by atoms with Crippen LogP contribution in [0.2, 0.25) is 0 Å². The summed E-state index contributed by atoms with van der Waals surface area (Å²) in [6.07, 6.45) is 7.38. The molecular weight excluding hydrogens is 578 g/mol. The van der Waals surface area contributed by atoms with Crippen LogP contribution in [0, 0.1) is 5.41 Å². The van der Waals surface area contributed by atoms with Gasteiger partial charge in [-0.1, -0.05) is 25.3 Å². The van der Waals surface area contributed by atoms with E-state index in [1.165, 1.54) is 19.0 Å². The van der Waals surface area contributed by atoms with Crippen LogP contribution in [0.3, 0.4) is 0 Å². The van der Waals surface area contributed by atoms with Gasteiger partial charge in [0, 0.05) is 66.7 Å². The van der Waals surface area contributed by atoms with Gasteiger partial charge in [-0.05, 0) is 80.1 Å². The van der Waals surface area contributed by atoms with Crippen LogP contribution in [0.25, 0.3) is 22.2 Å². The van der Waals surface area contributed by atoms with Crippen molar-refractivity contribution in [1.29, 1.82) is 0 Å². The number of rotatable bonds is 5. The summed E-state index contributed by atoms with van der Waals surface area (Å²) in [5.74, 6) is 0.0182. The molecule has 4 fully saturated rings. The molecule has 2 saturated carbocycles. The highest BCUT2D eigenvalue weighted by Crippen LogP contribution is 2.66. The van der Waals surface area contributed by atoms with Gasteiger partial charge in [-0.3, -0.25) is 14.5 Å². The molecule has 2 aromatic carbocycles. The molecule has 8 rings (SSSR count). The van der Waals surface area contributed by atoms with Crippen molar-refractivity contribution in [2.45, 2.75) is 75.4 Å². The molecule has 3 N–H and O–H groups in total. The number of aromatic hydroxyl groups is 1. The number of hydrogen-bond donors (Lipinski definition) is 3. The topological polar surface area (TPSA) is 124 Å². The SMILES string of the molecule is CNS(=O)(=O)NC(=O)c1ccc2c(C3CCCCC3)c3n(c2c1)CC1(C(=O)N2CC4CC2CN4C)CC1c1cc(O)ccc1-3. The minimum Gasteiger partial charge on any atom is -0.508 e. The van der Waals surface area contributed by atoms with E-state index < -0.39 is 21.5 Å². The second-order valence-corrected chi connectivity index (χ2v) is 15.3. The van der Waals surface area contributed by atoms with Gasteiger partial charge in [-0.15, -0.1) is 0 Å². The molecule has 4 atom stereocenters. The molecular formula is C33H39N5O5S. The minimum atomic E-state index is -3.97. The number of piperazine rings is 1. The van der Waals surface area contributed by atoms with E-state index in [1.807, 2.05) is 18.2 Å². The summed E-state index contributed by atoms with van der Waals surface area (Å²) in [6, 6.07) is 11.7. The molecule has 2 aliphatic carbocycles. The van der Waals surface area contributed by atoms with Crippen LogP contribution in [-0.2, 0) is 21.5 Å². The number of hydrogen-bond acceptors (Lipinski definition) is 6. The molecule has 3 aliphatic heterocycles.